The van der Waals surface area contributed by atoms with Crippen LogP contribution in [0.1, 0.15) is 5.56 Å². The average Bonchev–Trinajstić information content (AvgIpc) is 2.55. The summed E-state index contributed by atoms with van der Waals surface area (Å²) < 4.78 is 27.4. The molecule has 0 spiro atoms. The van der Waals surface area contributed by atoms with Crippen LogP contribution >= 0.6 is 27.5 Å². The highest BCUT2D eigenvalue weighted by Crippen LogP contribution is 2.25. The van der Waals surface area contributed by atoms with Gasteiger partial charge in [-0.2, -0.15) is 0 Å². The Kier molecular flexibility index (Phi) is 6.83. The number of carbonyl (C=O) groups excluding carboxylic acids is 1. The van der Waals surface area contributed by atoms with Gasteiger partial charge in [-0.1, -0.05) is 45.2 Å². The lowest BCUT2D eigenvalue weighted by atomic mass is 10.2. The molecule has 3 N–H and O–H groups in total. The number of aryl methyl sites for hydroxylation is 1. The molecule has 6 nitrogen and oxygen atoms in total. The summed E-state index contributed by atoms with van der Waals surface area (Å²) in [5.74, 6) is 0. The summed E-state index contributed by atoms with van der Waals surface area (Å²) in [5, 5.41) is 5.54. The molecule has 2 rings (SSSR count). The Balaban J connectivity index is 1.80. The average molecular weight is 447 g/mol. The monoisotopic (exact) mass is 445 g/mol. The molecule has 0 saturated carbocycles. The quantitative estimate of drug-likeness (QED) is 0.593. The van der Waals surface area contributed by atoms with Crippen LogP contribution in [-0.4, -0.2) is 27.5 Å². The van der Waals surface area contributed by atoms with E-state index in [2.05, 4.69) is 31.3 Å². The number of halogens is 2. The molecule has 0 saturated heterocycles. The van der Waals surface area contributed by atoms with Crippen LogP contribution in [-0.2, 0) is 10.0 Å². The molecule has 2 aromatic rings. The summed E-state index contributed by atoms with van der Waals surface area (Å²) in [5.41, 5.74) is 1.44. The maximum absolute atomic E-state index is 12.1. The van der Waals surface area contributed by atoms with Gasteiger partial charge in [-0.25, -0.2) is 17.9 Å². The second-order valence-electron chi connectivity index (χ2n) is 5.22. The van der Waals surface area contributed by atoms with E-state index in [1.54, 1.807) is 30.3 Å². The van der Waals surface area contributed by atoms with Crippen molar-refractivity contribution < 1.29 is 13.2 Å². The van der Waals surface area contributed by atoms with Gasteiger partial charge in [0.25, 0.3) is 0 Å². The maximum Gasteiger partial charge on any atom is 0.319 e. The molecule has 2 amide bonds. The van der Waals surface area contributed by atoms with E-state index in [9.17, 15) is 13.2 Å². The van der Waals surface area contributed by atoms with Crippen molar-refractivity contribution in [2.75, 3.05) is 18.4 Å². The molecule has 0 bridgehead atoms. The van der Waals surface area contributed by atoms with Crippen LogP contribution in [0.3, 0.4) is 0 Å². The molecule has 0 heterocycles. The second-order valence-corrected chi connectivity index (χ2v) is 8.31. The smallest absolute Gasteiger partial charge is 0.319 e. The number of sulfonamides is 1. The standard InChI is InChI=1S/C16H17BrClN3O3S/c1-11-2-5-13(6-3-11)25(23,24)20-9-8-19-16(22)21-15-7-4-12(17)10-14(15)18/h2-7,10,20H,8-9H2,1H3,(H2,19,21,22). The Morgan fingerprint density at radius 3 is 2.44 bits per heavy atom. The number of hydrogen-bond donors (Lipinski definition) is 3. The Labute approximate surface area is 160 Å². The zero-order valence-electron chi connectivity index (χ0n) is 13.3. The normalized spacial score (nSPS) is 11.2. The number of urea groups is 1. The lowest BCUT2D eigenvalue weighted by Crippen LogP contribution is -2.36. The van der Waals surface area contributed by atoms with Gasteiger partial charge in [0.05, 0.1) is 15.6 Å². The van der Waals surface area contributed by atoms with Gasteiger partial charge in [0.2, 0.25) is 10.0 Å². The third kappa shape index (κ3) is 6.00. The summed E-state index contributed by atoms with van der Waals surface area (Å²) in [7, 11) is -3.59. The van der Waals surface area contributed by atoms with Crippen LogP contribution in [0.25, 0.3) is 0 Å². The minimum Gasteiger partial charge on any atom is -0.337 e. The van der Waals surface area contributed by atoms with E-state index < -0.39 is 16.1 Å². The van der Waals surface area contributed by atoms with Gasteiger partial charge in [-0.05, 0) is 37.3 Å². The first-order chi connectivity index (χ1) is 11.8. The van der Waals surface area contributed by atoms with Crippen molar-refractivity contribution >= 4 is 49.3 Å². The Morgan fingerprint density at radius 1 is 1.12 bits per heavy atom. The minimum absolute atomic E-state index is 0.0672. The number of amides is 2. The predicted octanol–water partition coefficient (Wildman–Crippen LogP) is 3.51. The third-order valence-electron chi connectivity index (χ3n) is 3.21. The molecule has 0 aliphatic carbocycles. The van der Waals surface area contributed by atoms with Gasteiger partial charge >= 0.3 is 6.03 Å². The molecular weight excluding hydrogens is 430 g/mol. The number of rotatable bonds is 6. The molecule has 0 fully saturated rings. The number of nitrogens with one attached hydrogen (secondary N) is 3. The van der Waals surface area contributed by atoms with Crippen molar-refractivity contribution in [3.63, 3.8) is 0 Å². The summed E-state index contributed by atoms with van der Waals surface area (Å²) >= 11 is 9.29. The van der Waals surface area contributed by atoms with E-state index in [0.29, 0.717) is 10.7 Å². The van der Waals surface area contributed by atoms with Crippen LogP contribution in [0.4, 0.5) is 10.5 Å². The van der Waals surface area contributed by atoms with Gasteiger partial charge in [0.15, 0.2) is 0 Å². The molecule has 0 atom stereocenters. The highest BCUT2D eigenvalue weighted by Gasteiger charge is 2.13. The largest absolute Gasteiger partial charge is 0.337 e. The third-order valence-corrected chi connectivity index (χ3v) is 5.50. The van der Waals surface area contributed by atoms with Gasteiger partial charge in [0.1, 0.15) is 0 Å². The van der Waals surface area contributed by atoms with E-state index >= 15 is 0 Å². The van der Waals surface area contributed by atoms with Crippen molar-refractivity contribution in [1.29, 1.82) is 0 Å². The number of anilines is 1. The van der Waals surface area contributed by atoms with Crippen LogP contribution in [0, 0.1) is 6.92 Å². The highest BCUT2D eigenvalue weighted by atomic mass is 79.9. The number of hydrogen-bond acceptors (Lipinski definition) is 3. The zero-order chi connectivity index (χ0) is 18.4. The number of carbonyl (C=O) groups is 1. The zero-order valence-corrected chi connectivity index (χ0v) is 16.5. The first-order valence-electron chi connectivity index (χ1n) is 7.34. The van der Waals surface area contributed by atoms with Gasteiger partial charge in [0, 0.05) is 17.6 Å². The Bertz CT molecular complexity index is 857. The first kappa shape index (κ1) is 19.7. The summed E-state index contributed by atoms with van der Waals surface area (Å²) in [6.45, 7) is 2.08. The van der Waals surface area contributed by atoms with Crippen LogP contribution in [0.5, 0.6) is 0 Å². The fourth-order valence-corrected chi connectivity index (χ4v) is 3.67. The van der Waals surface area contributed by atoms with Crippen molar-refractivity contribution in [2.24, 2.45) is 0 Å². The van der Waals surface area contributed by atoms with Crippen LogP contribution in [0.15, 0.2) is 51.8 Å². The molecule has 0 aliphatic heterocycles. The van der Waals surface area contributed by atoms with E-state index in [1.807, 2.05) is 6.92 Å². The van der Waals surface area contributed by atoms with Crippen molar-refractivity contribution in [2.45, 2.75) is 11.8 Å². The van der Waals surface area contributed by atoms with Gasteiger partial charge in [-0.3, -0.25) is 0 Å². The topological polar surface area (TPSA) is 87.3 Å². The van der Waals surface area contributed by atoms with E-state index in [4.69, 9.17) is 11.6 Å². The fraction of sp³-hybridized carbons (Fsp3) is 0.188. The lowest BCUT2D eigenvalue weighted by molar-refractivity contribution is 0.252. The molecule has 0 radical (unpaired) electrons. The number of benzene rings is 2. The minimum atomic E-state index is -3.59. The van der Waals surface area contributed by atoms with Crippen LogP contribution < -0.4 is 15.4 Å². The molecule has 0 aliphatic rings. The predicted molar refractivity (Wildman–Crippen MR) is 103 cm³/mol. The fourth-order valence-electron chi connectivity index (χ4n) is 1.92. The van der Waals surface area contributed by atoms with Gasteiger partial charge in [-0.15, -0.1) is 0 Å². The van der Waals surface area contributed by atoms with E-state index in [-0.39, 0.29) is 18.0 Å². The van der Waals surface area contributed by atoms with E-state index in [0.717, 1.165) is 10.0 Å². The SMILES string of the molecule is Cc1ccc(S(=O)(=O)NCCNC(=O)Nc2ccc(Br)cc2Cl)cc1. The van der Waals surface area contributed by atoms with Crippen molar-refractivity contribution in [3.05, 3.63) is 57.5 Å². The van der Waals surface area contributed by atoms with E-state index in [1.165, 1.54) is 12.1 Å². The summed E-state index contributed by atoms with van der Waals surface area (Å²) in [6.07, 6.45) is 0. The highest BCUT2D eigenvalue weighted by molar-refractivity contribution is 9.10. The molecule has 25 heavy (non-hydrogen) atoms. The molecule has 134 valence electrons. The van der Waals surface area contributed by atoms with Crippen molar-refractivity contribution in [1.82, 2.24) is 10.0 Å². The molecule has 0 aromatic heterocycles. The second kappa shape index (κ2) is 8.66. The van der Waals surface area contributed by atoms with Gasteiger partial charge < -0.3 is 10.6 Å². The maximum atomic E-state index is 12.1. The van der Waals surface area contributed by atoms with Crippen molar-refractivity contribution in [3.8, 4) is 0 Å². The molecule has 2 aromatic carbocycles. The summed E-state index contributed by atoms with van der Waals surface area (Å²) in [6, 6.07) is 11.1. The molecular formula is C16H17BrClN3O3S. The first-order valence-corrected chi connectivity index (χ1v) is 9.99. The Morgan fingerprint density at radius 2 is 1.80 bits per heavy atom. The lowest BCUT2D eigenvalue weighted by Gasteiger charge is -2.10. The van der Waals surface area contributed by atoms with Crippen LogP contribution in [0.2, 0.25) is 5.02 Å². The summed E-state index contributed by atoms with van der Waals surface area (Å²) in [4.78, 5) is 12.0. The Hall–Kier alpha value is -1.61. The molecule has 9 heteroatoms. The molecule has 0 unspecified atom stereocenters.